The highest BCUT2D eigenvalue weighted by molar-refractivity contribution is 5.79. The third kappa shape index (κ3) is 4.05. The van der Waals surface area contributed by atoms with E-state index in [1.807, 2.05) is 0 Å². The summed E-state index contributed by atoms with van der Waals surface area (Å²) in [6, 6.07) is 5.36. The van der Waals surface area contributed by atoms with Crippen LogP contribution in [0.15, 0.2) is 42.9 Å². The predicted octanol–water partition coefficient (Wildman–Crippen LogP) is 2.21. The van der Waals surface area contributed by atoms with Crippen LogP contribution >= 0.6 is 0 Å². The van der Waals surface area contributed by atoms with E-state index in [0.717, 1.165) is 0 Å². The lowest BCUT2D eigenvalue weighted by Crippen LogP contribution is -2.38. The van der Waals surface area contributed by atoms with Crippen LogP contribution in [0.5, 0.6) is 5.75 Å². The minimum absolute atomic E-state index is 0.0135. The molecular weight excluding hydrogens is 362 g/mol. The number of carbonyl (C=O) groups excluding carboxylic acids is 1. The van der Waals surface area contributed by atoms with Crippen molar-refractivity contribution in [3.05, 3.63) is 48.4 Å². The highest BCUT2D eigenvalue weighted by Crippen LogP contribution is 2.38. The maximum absolute atomic E-state index is 12.6. The van der Waals surface area contributed by atoms with Crippen molar-refractivity contribution in [2.45, 2.75) is 12.7 Å². The third-order valence-electron chi connectivity index (χ3n) is 4.03. The van der Waals surface area contributed by atoms with E-state index in [1.54, 1.807) is 12.1 Å². The Hall–Kier alpha value is -3.01. The largest absolute Gasteiger partial charge is 0.463 e. The predicted molar refractivity (Wildman–Crippen MR) is 90.3 cm³/mol. The second kappa shape index (κ2) is 8.12. The van der Waals surface area contributed by atoms with Crippen LogP contribution in [0.2, 0.25) is 0 Å². The normalized spacial score (nSPS) is 18.7. The molecule has 0 bridgehead atoms. The van der Waals surface area contributed by atoms with Gasteiger partial charge in [-0.1, -0.05) is 18.7 Å². The van der Waals surface area contributed by atoms with Crippen LogP contribution in [0.25, 0.3) is 0 Å². The zero-order valence-electron chi connectivity index (χ0n) is 14.5. The average molecular weight is 380 g/mol. The Bertz CT molecular complexity index is 810. The Kier molecular flexibility index (Phi) is 5.65. The lowest BCUT2D eigenvalue weighted by molar-refractivity contribution is -0.149. The lowest BCUT2D eigenvalue weighted by Gasteiger charge is -2.33. The molecule has 0 spiro atoms. The van der Waals surface area contributed by atoms with Gasteiger partial charge >= 0.3 is 12.6 Å². The molecule has 2 aromatic rings. The standard InChI is InChI=1S/C17H18F2N4O4/c1-10-13(15(24)26-8-7-25-2)14(23-17(22-10)20-9-21-23)11-3-5-12(6-4-11)27-16(18)19/h3-6,9,13-14,16H,1,7-8H2,2H3,(H,20,21,22)/t13-,14-/m1/s1. The molecule has 0 amide bonds. The van der Waals surface area contributed by atoms with Crippen LogP contribution in [0.3, 0.4) is 0 Å². The summed E-state index contributed by atoms with van der Waals surface area (Å²) in [6.07, 6.45) is 1.34. The fourth-order valence-corrected chi connectivity index (χ4v) is 2.86. The van der Waals surface area contributed by atoms with Gasteiger partial charge in [-0.2, -0.15) is 18.9 Å². The van der Waals surface area contributed by atoms with Crippen LogP contribution in [-0.2, 0) is 14.3 Å². The van der Waals surface area contributed by atoms with Gasteiger partial charge in [0, 0.05) is 12.8 Å². The van der Waals surface area contributed by atoms with E-state index in [4.69, 9.17) is 9.47 Å². The summed E-state index contributed by atoms with van der Waals surface area (Å²) in [5.74, 6) is -0.875. The molecule has 2 atom stereocenters. The Labute approximate surface area is 153 Å². The highest BCUT2D eigenvalue weighted by atomic mass is 19.3. The first kappa shape index (κ1) is 18.8. The number of esters is 1. The Morgan fingerprint density at radius 3 is 2.74 bits per heavy atom. The molecule has 1 aromatic carbocycles. The maximum atomic E-state index is 12.6. The molecule has 0 saturated heterocycles. The van der Waals surface area contributed by atoms with Gasteiger partial charge in [-0.15, -0.1) is 0 Å². The molecule has 1 aliphatic rings. The first-order valence-corrected chi connectivity index (χ1v) is 8.07. The monoisotopic (exact) mass is 380 g/mol. The minimum atomic E-state index is -2.92. The van der Waals surface area contributed by atoms with Gasteiger partial charge in [0.2, 0.25) is 5.95 Å². The fraction of sp³-hybridized carbons (Fsp3) is 0.353. The number of alkyl halides is 2. The van der Waals surface area contributed by atoms with E-state index in [-0.39, 0.29) is 19.0 Å². The van der Waals surface area contributed by atoms with E-state index in [1.165, 1.54) is 30.3 Å². The molecule has 0 radical (unpaired) electrons. The quantitative estimate of drug-likeness (QED) is 0.582. The molecule has 2 heterocycles. The highest BCUT2D eigenvalue weighted by Gasteiger charge is 2.40. The van der Waals surface area contributed by atoms with Crippen LogP contribution in [0.4, 0.5) is 14.7 Å². The summed E-state index contributed by atoms with van der Waals surface area (Å²) in [7, 11) is 1.50. The second-order valence-corrected chi connectivity index (χ2v) is 5.71. The molecule has 8 nitrogen and oxygen atoms in total. The molecule has 1 aromatic heterocycles. The Morgan fingerprint density at radius 1 is 1.33 bits per heavy atom. The van der Waals surface area contributed by atoms with Gasteiger partial charge in [0.1, 0.15) is 24.6 Å². The van der Waals surface area contributed by atoms with Crippen molar-refractivity contribution in [2.75, 3.05) is 25.6 Å². The van der Waals surface area contributed by atoms with Crippen molar-refractivity contribution >= 4 is 11.9 Å². The molecule has 0 aliphatic carbocycles. The van der Waals surface area contributed by atoms with Crippen molar-refractivity contribution in [2.24, 2.45) is 5.92 Å². The second-order valence-electron chi connectivity index (χ2n) is 5.71. The first-order valence-electron chi connectivity index (χ1n) is 8.07. The Morgan fingerprint density at radius 2 is 2.07 bits per heavy atom. The summed E-state index contributed by atoms with van der Waals surface area (Å²) in [4.78, 5) is 16.7. The number of aromatic nitrogens is 3. The average Bonchev–Trinajstić information content (AvgIpc) is 3.09. The SMILES string of the molecule is C=C1Nc2ncnn2[C@H](c2ccc(OC(F)F)cc2)[C@@H]1C(=O)OCCOC. The number of benzene rings is 1. The molecule has 0 fully saturated rings. The number of carbonyl (C=O) groups is 1. The van der Waals surface area contributed by atoms with Crippen molar-refractivity contribution in [3.63, 3.8) is 0 Å². The number of ether oxygens (including phenoxy) is 3. The van der Waals surface area contributed by atoms with Crippen LogP contribution in [0.1, 0.15) is 11.6 Å². The molecule has 0 saturated carbocycles. The number of rotatable bonds is 7. The zero-order valence-corrected chi connectivity index (χ0v) is 14.5. The van der Waals surface area contributed by atoms with Gasteiger partial charge in [0.05, 0.1) is 12.6 Å². The zero-order chi connectivity index (χ0) is 19.4. The number of halogens is 2. The summed E-state index contributed by atoms with van der Waals surface area (Å²) in [5.41, 5.74) is 1.04. The van der Waals surface area contributed by atoms with Gasteiger partial charge in [-0.25, -0.2) is 4.68 Å². The number of hydrogen-bond donors (Lipinski definition) is 1. The topological polar surface area (TPSA) is 87.5 Å². The van der Waals surface area contributed by atoms with Crippen LogP contribution in [0, 0.1) is 5.92 Å². The van der Waals surface area contributed by atoms with Crippen LogP contribution in [-0.4, -0.2) is 47.7 Å². The summed E-state index contributed by atoms with van der Waals surface area (Å²) in [6.45, 7) is 1.35. The number of anilines is 1. The number of nitrogens with one attached hydrogen (secondary N) is 1. The molecule has 27 heavy (non-hydrogen) atoms. The summed E-state index contributed by atoms with van der Waals surface area (Å²) < 4.78 is 40.8. The molecule has 1 N–H and O–H groups in total. The Balaban J connectivity index is 1.92. The van der Waals surface area contributed by atoms with E-state index >= 15 is 0 Å². The number of nitrogens with zero attached hydrogens (tertiary/aromatic N) is 3. The number of methoxy groups -OCH3 is 1. The van der Waals surface area contributed by atoms with Gasteiger partial charge in [-0.05, 0) is 17.7 Å². The van der Waals surface area contributed by atoms with E-state index in [9.17, 15) is 13.6 Å². The molecule has 0 unspecified atom stereocenters. The lowest BCUT2D eigenvalue weighted by atomic mass is 9.89. The summed E-state index contributed by atoms with van der Waals surface area (Å²) >= 11 is 0. The van der Waals surface area contributed by atoms with Crippen molar-refractivity contribution in [3.8, 4) is 5.75 Å². The van der Waals surface area contributed by atoms with E-state index in [2.05, 4.69) is 26.7 Å². The molecule has 144 valence electrons. The van der Waals surface area contributed by atoms with Crippen molar-refractivity contribution in [1.29, 1.82) is 0 Å². The maximum Gasteiger partial charge on any atom is 0.387 e. The summed E-state index contributed by atoms with van der Waals surface area (Å²) in [5, 5.41) is 7.10. The third-order valence-corrected chi connectivity index (χ3v) is 4.03. The molecule has 3 rings (SSSR count). The number of hydrogen-bond acceptors (Lipinski definition) is 7. The van der Waals surface area contributed by atoms with Crippen molar-refractivity contribution < 1.29 is 27.8 Å². The van der Waals surface area contributed by atoms with E-state index < -0.39 is 24.5 Å². The van der Waals surface area contributed by atoms with Gasteiger partial charge in [0.15, 0.2) is 0 Å². The smallest absolute Gasteiger partial charge is 0.387 e. The fourth-order valence-electron chi connectivity index (χ4n) is 2.86. The van der Waals surface area contributed by atoms with Gasteiger partial charge < -0.3 is 19.5 Å². The number of fused-ring (bicyclic) bond motifs is 1. The van der Waals surface area contributed by atoms with Crippen molar-refractivity contribution in [1.82, 2.24) is 14.8 Å². The van der Waals surface area contributed by atoms with Gasteiger partial charge in [-0.3, -0.25) is 4.79 Å². The van der Waals surface area contributed by atoms with Gasteiger partial charge in [0.25, 0.3) is 0 Å². The first-order chi connectivity index (χ1) is 13.0. The van der Waals surface area contributed by atoms with E-state index in [0.29, 0.717) is 17.2 Å². The van der Waals surface area contributed by atoms with Crippen LogP contribution < -0.4 is 10.1 Å². The molecule has 10 heteroatoms. The molecule has 1 aliphatic heterocycles. The minimum Gasteiger partial charge on any atom is -0.463 e. The molecular formula is C17H18F2N4O4.